The second-order valence-corrected chi connectivity index (χ2v) is 8.18. The van der Waals surface area contributed by atoms with Crippen LogP contribution in [-0.4, -0.2) is 29.0 Å². The van der Waals surface area contributed by atoms with Gasteiger partial charge in [-0.2, -0.15) is 0 Å². The van der Waals surface area contributed by atoms with E-state index in [1.807, 2.05) is 0 Å². The van der Waals surface area contributed by atoms with Gasteiger partial charge in [0.1, 0.15) is 5.82 Å². The van der Waals surface area contributed by atoms with Crippen LogP contribution in [0.3, 0.4) is 0 Å². The number of aromatic nitrogens is 2. The topological polar surface area (TPSA) is 52.0 Å². The highest BCUT2D eigenvalue weighted by atomic mass is 32.2. The first-order valence-corrected chi connectivity index (χ1v) is 8.52. The fraction of sp³-hybridized carbons (Fsp3) is 0.769. The van der Waals surface area contributed by atoms with Crippen LogP contribution in [0, 0.1) is 5.92 Å². The number of nitrogens with zero attached hydrogens (tertiary/aromatic N) is 2. The number of sulfone groups is 1. The molecule has 4 nitrogen and oxygen atoms in total. The molecule has 1 aromatic rings. The third-order valence-electron chi connectivity index (χ3n) is 4.18. The van der Waals surface area contributed by atoms with Gasteiger partial charge in [0, 0.05) is 25.6 Å². The molecule has 1 aromatic heterocycles. The largest absolute Gasteiger partial charge is 0.334 e. The van der Waals surface area contributed by atoms with Crippen molar-refractivity contribution in [2.75, 3.05) is 5.75 Å². The van der Waals surface area contributed by atoms with Crippen molar-refractivity contribution in [1.29, 1.82) is 0 Å². The van der Waals surface area contributed by atoms with E-state index in [-0.39, 0.29) is 5.25 Å². The minimum absolute atomic E-state index is 0.188. The fourth-order valence-electron chi connectivity index (χ4n) is 3.09. The molecule has 0 amide bonds. The van der Waals surface area contributed by atoms with E-state index in [1.54, 1.807) is 0 Å². The van der Waals surface area contributed by atoms with Crippen molar-refractivity contribution in [2.24, 2.45) is 5.92 Å². The average Bonchev–Trinajstić information content (AvgIpc) is 2.82. The number of aryl methyl sites for hydroxylation is 1. The first-order chi connectivity index (χ1) is 8.54. The first kappa shape index (κ1) is 12.2. The maximum absolute atomic E-state index is 11.8. The van der Waals surface area contributed by atoms with E-state index < -0.39 is 9.84 Å². The van der Waals surface area contributed by atoms with Crippen LogP contribution < -0.4 is 0 Å². The molecule has 5 heteroatoms. The molecule has 0 bridgehead atoms. The Bertz CT molecular complexity index is 547. The number of fused-ring (bicyclic) bond motifs is 1. The van der Waals surface area contributed by atoms with Gasteiger partial charge in [0.05, 0.1) is 16.7 Å². The molecule has 0 aliphatic carbocycles. The molecular weight excluding hydrogens is 248 g/mol. The minimum Gasteiger partial charge on any atom is -0.334 e. The minimum atomic E-state index is -2.85. The standard InChI is InChI=1S/C13H20N2O2S/c1-10-4-5-13-14-11(9-15(13)8-10)7-12-3-2-6-18(12,16)17/h9-10,12H,2-8H2,1H3. The van der Waals surface area contributed by atoms with E-state index in [0.29, 0.717) is 18.1 Å². The summed E-state index contributed by atoms with van der Waals surface area (Å²) in [4.78, 5) is 4.61. The highest BCUT2D eigenvalue weighted by molar-refractivity contribution is 7.92. The van der Waals surface area contributed by atoms with Gasteiger partial charge in [-0.1, -0.05) is 6.92 Å². The van der Waals surface area contributed by atoms with Gasteiger partial charge in [0.2, 0.25) is 0 Å². The predicted octanol–water partition coefficient (Wildman–Crippen LogP) is 1.59. The van der Waals surface area contributed by atoms with E-state index in [1.165, 1.54) is 6.42 Å². The van der Waals surface area contributed by atoms with E-state index >= 15 is 0 Å². The molecule has 0 radical (unpaired) electrons. The van der Waals surface area contributed by atoms with Crippen LogP contribution in [0.4, 0.5) is 0 Å². The Hall–Kier alpha value is -0.840. The monoisotopic (exact) mass is 268 g/mol. The lowest BCUT2D eigenvalue weighted by Crippen LogP contribution is -2.18. The van der Waals surface area contributed by atoms with Crippen molar-refractivity contribution in [2.45, 2.75) is 50.8 Å². The molecule has 2 aliphatic rings. The average molecular weight is 268 g/mol. The van der Waals surface area contributed by atoms with Gasteiger partial charge >= 0.3 is 0 Å². The lowest BCUT2D eigenvalue weighted by atomic mass is 10.0. The highest BCUT2D eigenvalue weighted by Crippen LogP contribution is 2.25. The molecule has 1 saturated heterocycles. The molecule has 2 unspecified atom stereocenters. The predicted molar refractivity (Wildman–Crippen MR) is 70.2 cm³/mol. The summed E-state index contributed by atoms with van der Waals surface area (Å²) in [7, 11) is -2.85. The molecule has 0 N–H and O–H groups in total. The van der Waals surface area contributed by atoms with E-state index in [0.717, 1.165) is 37.3 Å². The summed E-state index contributed by atoms with van der Waals surface area (Å²) in [6, 6.07) is 0. The second-order valence-electron chi connectivity index (χ2n) is 5.78. The third-order valence-corrected chi connectivity index (χ3v) is 6.45. The maximum Gasteiger partial charge on any atom is 0.153 e. The fourth-order valence-corrected chi connectivity index (χ4v) is 4.95. The summed E-state index contributed by atoms with van der Waals surface area (Å²) in [6.07, 6.45) is 6.52. The van der Waals surface area contributed by atoms with Gasteiger partial charge in [-0.3, -0.25) is 0 Å². The normalized spacial score (nSPS) is 30.3. The van der Waals surface area contributed by atoms with E-state index in [4.69, 9.17) is 0 Å². The molecule has 1 fully saturated rings. The number of hydrogen-bond acceptors (Lipinski definition) is 3. The zero-order valence-electron chi connectivity index (χ0n) is 10.8. The van der Waals surface area contributed by atoms with Crippen molar-refractivity contribution in [3.05, 3.63) is 17.7 Å². The summed E-state index contributed by atoms with van der Waals surface area (Å²) >= 11 is 0. The van der Waals surface area contributed by atoms with Crippen molar-refractivity contribution in [1.82, 2.24) is 9.55 Å². The molecule has 18 heavy (non-hydrogen) atoms. The van der Waals surface area contributed by atoms with Crippen molar-refractivity contribution in [3.63, 3.8) is 0 Å². The number of rotatable bonds is 2. The third kappa shape index (κ3) is 2.20. The Kier molecular flexibility index (Phi) is 2.96. The van der Waals surface area contributed by atoms with Gasteiger partial charge < -0.3 is 4.57 Å². The smallest absolute Gasteiger partial charge is 0.153 e. The summed E-state index contributed by atoms with van der Waals surface area (Å²) in [5.41, 5.74) is 0.967. The molecular formula is C13H20N2O2S. The number of hydrogen-bond donors (Lipinski definition) is 0. The SMILES string of the molecule is CC1CCc2nc(CC3CCCS3(=O)=O)cn2C1. The van der Waals surface area contributed by atoms with Crippen molar-refractivity contribution < 1.29 is 8.42 Å². The van der Waals surface area contributed by atoms with Crippen LogP contribution >= 0.6 is 0 Å². The lowest BCUT2D eigenvalue weighted by Gasteiger charge is -2.19. The number of imidazole rings is 1. The Morgan fingerprint density at radius 3 is 3.00 bits per heavy atom. The van der Waals surface area contributed by atoms with Crippen LogP contribution in [0.25, 0.3) is 0 Å². The summed E-state index contributed by atoms with van der Waals surface area (Å²) in [6.45, 7) is 3.28. The van der Waals surface area contributed by atoms with Crippen molar-refractivity contribution in [3.8, 4) is 0 Å². The lowest BCUT2D eigenvalue weighted by molar-refractivity contribution is 0.394. The Morgan fingerprint density at radius 1 is 1.44 bits per heavy atom. The highest BCUT2D eigenvalue weighted by Gasteiger charge is 2.32. The molecule has 3 rings (SSSR count). The van der Waals surface area contributed by atoms with Gasteiger partial charge in [-0.25, -0.2) is 13.4 Å². The molecule has 2 aliphatic heterocycles. The molecule has 3 heterocycles. The van der Waals surface area contributed by atoms with E-state index in [9.17, 15) is 8.42 Å². The summed E-state index contributed by atoms with van der Waals surface area (Å²) in [5.74, 6) is 2.20. The summed E-state index contributed by atoms with van der Waals surface area (Å²) in [5, 5.41) is -0.188. The van der Waals surface area contributed by atoms with Crippen LogP contribution in [0.15, 0.2) is 6.20 Å². The Labute approximate surface area is 108 Å². The van der Waals surface area contributed by atoms with Gasteiger partial charge in [0.25, 0.3) is 0 Å². The summed E-state index contributed by atoms with van der Waals surface area (Å²) < 4.78 is 25.9. The zero-order valence-corrected chi connectivity index (χ0v) is 11.6. The maximum atomic E-state index is 11.8. The molecule has 0 aromatic carbocycles. The molecule has 2 atom stereocenters. The zero-order chi connectivity index (χ0) is 12.8. The van der Waals surface area contributed by atoms with Gasteiger partial charge in [-0.15, -0.1) is 0 Å². The quantitative estimate of drug-likeness (QED) is 0.818. The molecule has 100 valence electrons. The molecule has 0 spiro atoms. The Balaban J connectivity index is 1.78. The van der Waals surface area contributed by atoms with E-state index in [2.05, 4.69) is 22.7 Å². The van der Waals surface area contributed by atoms with Crippen LogP contribution in [0.2, 0.25) is 0 Å². The molecule has 0 saturated carbocycles. The van der Waals surface area contributed by atoms with Crippen LogP contribution in [0.1, 0.15) is 37.7 Å². The van der Waals surface area contributed by atoms with Gasteiger partial charge in [-0.05, 0) is 25.2 Å². The Morgan fingerprint density at radius 2 is 2.28 bits per heavy atom. The van der Waals surface area contributed by atoms with Crippen molar-refractivity contribution >= 4 is 9.84 Å². The van der Waals surface area contributed by atoms with Gasteiger partial charge in [0.15, 0.2) is 9.84 Å². The van der Waals surface area contributed by atoms with Crippen LogP contribution in [-0.2, 0) is 29.2 Å². The first-order valence-electron chi connectivity index (χ1n) is 6.81. The second kappa shape index (κ2) is 4.37. The van der Waals surface area contributed by atoms with Crippen LogP contribution in [0.5, 0.6) is 0 Å².